The molecule has 62 heavy (non-hydrogen) atoms. The Balaban J connectivity index is 1.17. The van der Waals surface area contributed by atoms with Crippen molar-refractivity contribution in [3.8, 4) is 11.6 Å². The Morgan fingerprint density at radius 3 is 2.52 bits per heavy atom. The van der Waals surface area contributed by atoms with E-state index >= 15 is 4.79 Å². The van der Waals surface area contributed by atoms with E-state index in [1.807, 2.05) is 38.1 Å². The summed E-state index contributed by atoms with van der Waals surface area (Å²) >= 11 is -1.08. The first-order valence-electron chi connectivity index (χ1n) is 22.1. The second-order valence-corrected chi connectivity index (χ2v) is 23.6. The number of sulfonamides is 1. The third-order valence-corrected chi connectivity index (χ3v) is 18.6. The number of para-hydroxylation sites is 1. The number of hydrogen-bond donors (Lipinski definition) is 3. The molecule has 0 spiro atoms. The first kappa shape index (κ1) is 44.4. The van der Waals surface area contributed by atoms with Gasteiger partial charge in [-0.1, -0.05) is 19.9 Å². The molecule has 8 rings (SSSR count). The van der Waals surface area contributed by atoms with Crippen LogP contribution in [0.3, 0.4) is 0 Å². The molecule has 1 aromatic heterocycles. The first-order chi connectivity index (χ1) is 29.8. The number of carbonyl (C=O) groups is 5. The van der Waals surface area contributed by atoms with Crippen LogP contribution in [0.25, 0.3) is 10.9 Å². The van der Waals surface area contributed by atoms with Gasteiger partial charge >= 0.3 is 312 Å². The van der Waals surface area contributed by atoms with Gasteiger partial charge in [0.1, 0.15) is 0 Å². The summed E-state index contributed by atoms with van der Waals surface area (Å²) in [6.45, 7) is 7.67. The first-order valence-corrected chi connectivity index (χ1v) is 26.0. The van der Waals surface area contributed by atoms with Crippen LogP contribution in [0.2, 0.25) is 0 Å². The summed E-state index contributed by atoms with van der Waals surface area (Å²) in [5.41, 5.74) is 1.08. The van der Waals surface area contributed by atoms with Crippen LogP contribution in [-0.2, 0) is 40.4 Å². The van der Waals surface area contributed by atoms with Crippen molar-refractivity contribution in [3.63, 3.8) is 0 Å². The third kappa shape index (κ3) is 9.62. The van der Waals surface area contributed by atoms with Gasteiger partial charge in [-0.25, -0.2) is 0 Å². The summed E-state index contributed by atoms with van der Waals surface area (Å²) in [7, 11) is -3.92. The number of rotatable bonds is 10. The van der Waals surface area contributed by atoms with E-state index in [0.29, 0.717) is 54.3 Å². The maximum atomic E-state index is 15.0. The molecule has 17 heteroatoms. The van der Waals surface area contributed by atoms with Crippen LogP contribution in [0, 0.1) is 17.8 Å². The van der Waals surface area contributed by atoms with Crippen molar-refractivity contribution in [2.45, 2.75) is 141 Å². The van der Waals surface area contributed by atoms with Crippen molar-refractivity contribution in [3.05, 3.63) is 54.6 Å². The summed E-state index contributed by atoms with van der Waals surface area (Å²) in [6, 6.07) is 5.18. The predicted molar refractivity (Wildman–Crippen MR) is 225 cm³/mol. The number of aromatic nitrogens is 1. The summed E-state index contributed by atoms with van der Waals surface area (Å²) < 4.78 is 45.1. The normalized spacial score (nSPS) is 30.0. The van der Waals surface area contributed by atoms with Crippen LogP contribution in [-0.4, -0.2) is 91.6 Å². The summed E-state index contributed by atoms with van der Waals surface area (Å²) in [5, 5.41) is 5.83. The third-order valence-electron chi connectivity index (χ3n) is 12.9. The second-order valence-electron chi connectivity index (χ2n) is 18.0. The minimum absolute atomic E-state index is 0.00936. The molecule has 7 atom stereocenters. The van der Waals surface area contributed by atoms with Crippen LogP contribution in [0.1, 0.15) is 103 Å². The molecule has 0 unspecified atom stereocenters. The number of allylic oxidation sites excluding steroid dienone is 2. The van der Waals surface area contributed by atoms with Gasteiger partial charge in [-0.05, 0) is 31.6 Å². The zero-order valence-corrected chi connectivity index (χ0v) is 38.3. The molecule has 2 saturated heterocycles. The van der Waals surface area contributed by atoms with Crippen molar-refractivity contribution >= 4 is 50.7 Å². The van der Waals surface area contributed by atoms with Crippen molar-refractivity contribution in [1.82, 2.24) is 25.2 Å². The molecular weight excluding hydrogens is 929 g/mol. The van der Waals surface area contributed by atoms with E-state index in [1.165, 1.54) is 4.90 Å². The molecule has 3 aliphatic heterocycles. The average molecular weight is 987 g/mol. The Labute approximate surface area is 373 Å². The fourth-order valence-electron chi connectivity index (χ4n) is 9.50. The SMILES string of the molecule is C=C[C@@H]1[I-][C@]1(NC(=O)[C@@H]1C[C@@H]2CN1C(=O)[C@H](C1CCCC1)NC(=O)O[C@@H]1CCC[C@H]1CC/C=C/Cc1c(nc3ccccc3c1OC(=O)CC(C)C)O2)C(=O)NS(=O)(=O)C1CC1. The van der Waals surface area contributed by atoms with Gasteiger partial charge in [0.2, 0.25) is 0 Å². The average Bonchev–Trinajstić information content (AvgIpc) is 4.02. The Bertz CT molecular complexity index is 2240. The van der Waals surface area contributed by atoms with Gasteiger partial charge in [0.15, 0.2) is 0 Å². The number of nitrogens with one attached hydrogen (secondary N) is 3. The minimum atomic E-state index is -3.92. The number of benzene rings is 1. The zero-order chi connectivity index (χ0) is 43.8. The van der Waals surface area contributed by atoms with E-state index in [-0.39, 0.29) is 49.1 Å². The number of alkyl halides is 2. The van der Waals surface area contributed by atoms with Gasteiger partial charge in [-0.15, -0.1) is 0 Å². The van der Waals surface area contributed by atoms with Crippen LogP contribution < -0.4 is 46.0 Å². The molecular formula is C45H57IN5O10S-. The van der Waals surface area contributed by atoms with E-state index in [1.54, 1.807) is 12.1 Å². The van der Waals surface area contributed by atoms with E-state index in [4.69, 9.17) is 19.2 Å². The van der Waals surface area contributed by atoms with Crippen LogP contribution in [0.15, 0.2) is 49.1 Å². The van der Waals surface area contributed by atoms with E-state index < -0.39 is 91.9 Å². The maximum absolute atomic E-state index is 15.0. The molecule has 0 radical (unpaired) electrons. The number of carbonyl (C=O) groups excluding carboxylic acids is 5. The molecule has 1 aromatic carbocycles. The summed E-state index contributed by atoms with van der Waals surface area (Å²) in [6.07, 6.45) is 12.5. The van der Waals surface area contributed by atoms with Crippen molar-refractivity contribution in [1.29, 1.82) is 0 Å². The zero-order valence-electron chi connectivity index (χ0n) is 35.3. The molecule has 4 amide bonds. The fraction of sp³-hybridized carbons (Fsp3) is 0.600. The Hall–Kier alpha value is -4.26. The van der Waals surface area contributed by atoms with Crippen molar-refractivity contribution in [2.24, 2.45) is 17.8 Å². The molecule has 4 heterocycles. The molecule has 6 aliphatic rings. The Morgan fingerprint density at radius 2 is 1.79 bits per heavy atom. The van der Waals surface area contributed by atoms with E-state index in [0.717, 1.165) is 44.9 Å². The van der Waals surface area contributed by atoms with Gasteiger partial charge in [-0.3, -0.25) is 4.79 Å². The summed E-state index contributed by atoms with van der Waals surface area (Å²) in [4.78, 5) is 76.8. The Morgan fingerprint density at radius 1 is 1.03 bits per heavy atom. The van der Waals surface area contributed by atoms with Crippen molar-refractivity contribution < 1.29 is 67.8 Å². The molecule has 3 saturated carbocycles. The number of halogens is 1. The Kier molecular flexibility index (Phi) is 13.2. The summed E-state index contributed by atoms with van der Waals surface area (Å²) in [5.74, 6) is -1.77. The molecule has 5 fully saturated rings. The van der Waals surface area contributed by atoms with E-state index in [2.05, 4.69) is 28.0 Å². The van der Waals surface area contributed by atoms with E-state index in [9.17, 15) is 27.6 Å². The number of hydrogen-bond acceptors (Lipinski definition) is 11. The molecule has 2 bridgehead atoms. The van der Waals surface area contributed by atoms with Crippen LogP contribution >= 0.6 is 0 Å². The number of fused-ring (bicyclic) bond motifs is 5. The quantitative estimate of drug-likeness (QED) is 0.103. The topological polar surface area (TPSA) is 199 Å². The number of pyridine rings is 1. The van der Waals surface area contributed by atoms with Gasteiger partial charge in [-0.2, -0.15) is 0 Å². The van der Waals surface area contributed by atoms with Gasteiger partial charge in [0.25, 0.3) is 0 Å². The second kappa shape index (κ2) is 18.5. The van der Waals surface area contributed by atoms with Gasteiger partial charge in [0, 0.05) is 6.42 Å². The fourth-order valence-corrected chi connectivity index (χ4v) is 13.7. The molecule has 3 N–H and O–H groups in total. The number of nitrogens with zero attached hydrogens (tertiary/aromatic N) is 2. The number of alkyl carbamates (subject to hydrolysis) is 1. The molecule has 2 aromatic rings. The van der Waals surface area contributed by atoms with Gasteiger partial charge in [0.05, 0.1) is 0 Å². The number of ether oxygens (including phenoxy) is 3. The number of esters is 1. The standard InChI is InChI=1S/C45H57IN5O10S/c1-4-36-45(46-36,43(55)50-62(57,58)30-21-22-30)49-40(53)34-24-29-25-51(34)42(54)38(28-14-8-9-15-28)48-44(56)60-35-20-12-16-27(35)13-6-5-7-18-32-39(61-37(52)23-26(2)3)31-17-10-11-19-33(31)47-41(32)59-29/h4-5,7,10-11,17,19,26-30,34-36,38H,1,6,8-9,12-16,18,20-25H2,2-3H3,(H,48,56)(H,49,53)(H,50,55)/q-1/b7-5+/t27-,29-,34+,35-,36+,38+,45-/m1/s1. The van der Waals surface area contributed by atoms with Crippen LogP contribution in [0.5, 0.6) is 11.6 Å². The molecule has 15 nitrogen and oxygen atoms in total. The van der Waals surface area contributed by atoms with Crippen molar-refractivity contribution in [2.75, 3.05) is 6.54 Å². The number of amides is 4. The monoisotopic (exact) mass is 986 g/mol. The molecule has 336 valence electrons. The molecule has 3 aliphatic carbocycles. The predicted octanol–water partition coefficient (Wildman–Crippen LogP) is 1.96. The van der Waals surface area contributed by atoms with Gasteiger partial charge < -0.3 is 0 Å². The van der Waals surface area contributed by atoms with Crippen LogP contribution in [0.4, 0.5) is 4.79 Å².